The predicted octanol–water partition coefficient (Wildman–Crippen LogP) is 0.404. The van der Waals surface area contributed by atoms with Gasteiger partial charge in [0, 0.05) is 26.1 Å². The van der Waals surface area contributed by atoms with Crippen LogP contribution in [0.25, 0.3) is 0 Å². The SMILES string of the molecule is CC(=O)NC1CCN(C(=O)c2ccc(N)cn2)CC1. The molecule has 102 valence electrons. The smallest absolute Gasteiger partial charge is 0.272 e. The highest BCUT2D eigenvalue weighted by Crippen LogP contribution is 2.13. The zero-order valence-corrected chi connectivity index (χ0v) is 10.9. The number of hydrogen-bond donors (Lipinski definition) is 2. The third-order valence-electron chi connectivity index (χ3n) is 3.20. The molecule has 3 N–H and O–H groups in total. The van der Waals surface area contributed by atoms with Gasteiger partial charge in [-0.3, -0.25) is 9.59 Å². The summed E-state index contributed by atoms with van der Waals surface area (Å²) in [4.78, 5) is 28.9. The highest BCUT2D eigenvalue weighted by atomic mass is 16.2. The average Bonchev–Trinajstić information content (AvgIpc) is 2.39. The Labute approximate surface area is 112 Å². The van der Waals surface area contributed by atoms with Gasteiger partial charge in [0.2, 0.25) is 5.91 Å². The number of aromatic nitrogens is 1. The van der Waals surface area contributed by atoms with E-state index in [0.29, 0.717) is 24.5 Å². The van der Waals surface area contributed by atoms with Crippen molar-refractivity contribution in [3.05, 3.63) is 24.0 Å². The summed E-state index contributed by atoms with van der Waals surface area (Å²) in [5, 5.41) is 2.88. The lowest BCUT2D eigenvalue weighted by Gasteiger charge is -2.32. The molecule has 1 fully saturated rings. The molecule has 0 bridgehead atoms. The minimum atomic E-state index is -0.0822. The zero-order chi connectivity index (χ0) is 13.8. The average molecular weight is 262 g/mol. The molecule has 0 aromatic carbocycles. The van der Waals surface area contributed by atoms with Gasteiger partial charge < -0.3 is 16.0 Å². The van der Waals surface area contributed by atoms with Crippen molar-refractivity contribution in [2.75, 3.05) is 18.8 Å². The summed E-state index contributed by atoms with van der Waals surface area (Å²) in [5.74, 6) is -0.105. The van der Waals surface area contributed by atoms with Gasteiger partial charge in [0.25, 0.3) is 5.91 Å². The second kappa shape index (κ2) is 5.69. The maximum atomic E-state index is 12.2. The molecule has 2 heterocycles. The molecule has 0 saturated carbocycles. The summed E-state index contributed by atoms with van der Waals surface area (Å²) in [7, 11) is 0. The molecule has 1 aromatic rings. The minimum Gasteiger partial charge on any atom is -0.397 e. The van der Waals surface area contributed by atoms with Gasteiger partial charge in [0.1, 0.15) is 5.69 Å². The Morgan fingerprint density at radius 3 is 2.58 bits per heavy atom. The molecule has 6 heteroatoms. The van der Waals surface area contributed by atoms with E-state index in [0.717, 1.165) is 12.8 Å². The second-order valence-electron chi connectivity index (χ2n) is 4.74. The number of piperidine rings is 1. The van der Waals surface area contributed by atoms with Gasteiger partial charge >= 0.3 is 0 Å². The van der Waals surface area contributed by atoms with E-state index in [4.69, 9.17) is 5.73 Å². The number of amides is 2. The van der Waals surface area contributed by atoms with Crippen LogP contribution in [0.15, 0.2) is 18.3 Å². The normalized spacial score (nSPS) is 16.2. The van der Waals surface area contributed by atoms with Crippen LogP contribution in [0.4, 0.5) is 5.69 Å². The summed E-state index contributed by atoms with van der Waals surface area (Å²) < 4.78 is 0. The number of nitrogen functional groups attached to an aromatic ring is 1. The monoisotopic (exact) mass is 262 g/mol. The highest BCUT2D eigenvalue weighted by Gasteiger charge is 2.24. The molecule has 0 spiro atoms. The van der Waals surface area contributed by atoms with E-state index in [1.165, 1.54) is 13.1 Å². The van der Waals surface area contributed by atoms with Gasteiger partial charge in [-0.2, -0.15) is 0 Å². The van der Waals surface area contributed by atoms with Gasteiger partial charge in [-0.05, 0) is 25.0 Å². The zero-order valence-electron chi connectivity index (χ0n) is 10.9. The van der Waals surface area contributed by atoms with Crippen LogP contribution in [0.1, 0.15) is 30.3 Å². The number of carbonyl (C=O) groups excluding carboxylic acids is 2. The Kier molecular flexibility index (Phi) is 3.99. The number of likely N-dealkylation sites (tertiary alicyclic amines) is 1. The highest BCUT2D eigenvalue weighted by molar-refractivity contribution is 5.92. The van der Waals surface area contributed by atoms with Crippen LogP contribution in [-0.4, -0.2) is 40.8 Å². The molecule has 0 atom stereocenters. The molecule has 1 aromatic heterocycles. The molecule has 0 unspecified atom stereocenters. The third kappa shape index (κ3) is 3.43. The predicted molar refractivity (Wildman–Crippen MR) is 71.4 cm³/mol. The van der Waals surface area contributed by atoms with Crippen molar-refractivity contribution in [1.82, 2.24) is 15.2 Å². The third-order valence-corrected chi connectivity index (χ3v) is 3.20. The van der Waals surface area contributed by atoms with Crippen LogP contribution >= 0.6 is 0 Å². The van der Waals surface area contributed by atoms with Crippen LogP contribution < -0.4 is 11.1 Å². The first-order chi connectivity index (χ1) is 9.06. The number of nitrogens with one attached hydrogen (secondary N) is 1. The van der Waals surface area contributed by atoms with Crippen LogP contribution in [-0.2, 0) is 4.79 Å². The molecule has 1 saturated heterocycles. The fourth-order valence-corrected chi connectivity index (χ4v) is 2.21. The number of rotatable bonds is 2. The van der Waals surface area contributed by atoms with Crippen molar-refractivity contribution in [3.8, 4) is 0 Å². The van der Waals surface area contributed by atoms with Crippen LogP contribution in [0.5, 0.6) is 0 Å². The van der Waals surface area contributed by atoms with Gasteiger partial charge in [-0.1, -0.05) is 0 Å². The topological polar surface area (TPSA) is 88.3 Å². The quantitative estimate of drug-likeness (QED) is 0.807. The van der Waals surface area contributed by atoms with E-state index in [-0.39, 0.29) is 17.9 Å². The minimum absolute atomic E-state index is 0.0232. The van der Waals surface area contributed by atoms with E-state index in [1.807, 2.05) is 0 Å². The first-order valence-corrected chi connectivity index (χ1v) is 6.34. The molecule has 19 heavy (non-hydrogen) atoms. The first kappa shape index (κ1) is 13.3. The van der Waals surface area contributed by atoms with Crippen molar-refractivity contribution >= 4 is 17.5 Å². The maximum absolute atomic E-state index is 12.2. The van der Waals surface area contributed by atoms with E-state index in [9.17, 15) is 9.59 Å². The number of anilines is 1. The lowest BCUT2D eigenvalue weighted by molar-refractivity contribution is -0.119. The summed E-state index contributed by atoms with van der Waals surface area (Å²) in [6.45, 7) is 2.78. The van der Waals surface area contributed by atoms with E-state index >= 15 is 0 Å². The summed E-state index contributed by atoms with van der Waals surface area (Å²) in [6, 6.07) is 3.47. The van der Waals surface area contributed by atoms with Crippen molar-refractivity contribution < 1.29 is 9.59 Å². The second-order valence-corrected chi connectivity index (χ2v) is 4.74. The maximum Gasteiger partial charge on any atom is 0.272 e. The molecular weight excluding hydrogens is 244 g/mol. The Balaban J connectivity index is 1.92. The summed E-state index contributed by atoms with van der Waals surface area (Å²) >= 11 is 0. The molecule has 0 radical (unpaired) electrons. The standard InChI is InChI=1S/C13H18N4O2/c1-9(18)16-11-4-6-17(7-5-11)13(19)12-3-2-10(14)8-15-12/h2-3,8,11H,4-7,14H2,1H3,(H,16,18). The number of carbonyl (C=O) groups is 2. The molecule has 0 aliphatic carbocycles. The largest absolute Gasteiger partial charge is 0.397 e. The summed E-state index contributed by atoms with van der Waals surface area (Å²) in [6.07, 6.45) is 3.04. The molecule has 2 amide bonds. The van der Waals surface area contributed by atoms with Crippen molar-refractivity contribution in [2.24, 2.45) is 0 Å². The fraction of sp³-hybridized carbons (Fsp3) is 0.462. The molecule has 6 nitrogen and oxygen atoms in total. The molecule has 1 aliphatic heterocycles. The van der Waals surface area contributed by atoms with Crippen molar-refractivity contribution in [2.45, 2.75) is 25.8 Å². The van der Waals surface area contributed by atoms with Crippen LogP contribution in [0.2, 0.25) is 0 Å². The van der Waals surface area contributed by atoms with Gasteiger partial charge in [0.15, 0.2) is 0 Å². The van der Waals surface area contributed by atoms with Crippen LogP contribution in [0.3, 0.4) is 0 Å². The summed E-state index contributed by atoms with van der Waals surface area (Å²) in [5.41, 5.74) is 6.49. The van der Waals surface area contributed by atoms with Gasteiger partial charge in [0.05, 0.1) is 11.9 Å². The Morgan fingerprint density at radius 2 is 2.05 bits per heavy atom. The van der Waals surface area contributed by atoms with E-state index < -0.39 is 0 Å². The van der Waals surface area contributed by atoms with E-state index in [1.54, 1.807) is 17.0 Å². The Hall–Kier alpha value is -2.11. The van der Waals surface area contributed by atoms with Crippen LogP contribution in [0, 0.1) is 0 Å². The number of nitrogens with zero attached hydrogens (tertiary/aromatic N) is 2. The first-order valence-electron chi connectivity index (χ1n) is 6.34. The molecule has 1 aliphatic rings. The number of nitrogens with two attached hydrogens (primary N) is 1. The lowest BCUT2D eigenvalue weighted by atomic mass is 10.0. The Bertz CT molecular complexity index is 464. The molecular formula is C13H18N4O2. The fourth-order valence-electron chi connectivity index (χ4n) is 2.21. The van der Waals surface area contributed by atoms with Gasteiger partial charge in [-0.15, -0.1) is 0 Å². The van der Waals surface area contributed by atoms with Gasteiger partial charge in [-0.25, -0.2) is 4.98 Å². The number of hydrogen-bond acceptors (Lipinski definition) is 4. The van der Waals surface area contributed by atoms with Crippen molar-refractivity contribution in [1.29, 1.82) is 0 Å². The molecule has 2 rings (SSSR count). The lowest BCUT2D eigenvalue weighted by Crippen LogP contribution is -2.46. The van der Waals surface area contributed by atoms with E-state index in [2.05, 4.69) is 10.3 Å². The van der Waals surface area contributed by atoms with Crippen molar-refractivity contribution in [3.63, 3.8) is 0 Å². The number of pyridine rings is 1. The Morgan fingerprint density at radius 1 is 1.37 bits per heavy atom.